The summed E-state index contributed by atoms with van der Waals surface area (Å²) in [5.74, 6) is -0.340. The van der Waals surface area contributed by atoms with E-state index in [1.165, 1.54) is 17.8 Å². The van der Waals surface area contributed by atoms with E-state index in [0.717, 1.165) is 4.90 Å². The molecular weight excluding hydrogens is 144 g/mol. The molecule has 0 atom stereocenters. The third kappa shape index (κ3) is 1.07. The van der Waals surface area contributed by atoms with Gasteiger partial charge in [-0.25, -0.2) is 4.79 Å². The van der Waals surface area contributed by atoms with Gasteiger partial charge in [0.15, 0.2) is 0 Å². The highest BCUT2D eigenvalue weighted by atomic mass is 16.2. The number of hydrogen-bond donors (Lipinski definition) is 0. The van der Waals surface area contributed by atoms with Crippen molar-refractivity contribution >= 4 is 18.2 Å². The summed E-state index contributed by atoms with van der Waals surface area (Å²) in [6.07, 6.45) is 1.42. The fourth-order valence-electron chi connectivity index (χ4n) is 0.883. The summed E-state index contributed by atoms with van der Waals surface area (Å²) in [5.41, 5.74) is 0.328. The van der Waals surface area contributed by atoms with Gasteiger partial charge in [-0.15, -0.1) is 0 Å². The Bertz CT molecular complexity index is 278. The Hall–Kier alpha value is -1.45. The predicted molar refractivity (Wildman–Crippen MR) is 39.6 cm³/mol. The molecule has 4 nitrogen and oxygen atoms in total. The van der Waals surface area contributed by atoms with Crippen LogP contribution in [0.5, 0.6) is 0 Å². The zero-order valence-electron chi connectivity index (χ0n) is 6.50. The first-order valence-electron chi connectivity index (χ1n) is 3.12. The van der Waals surface area contributed by atoms with Crippen molar-refractivity contribution in [3.05, 3.63) is 12.2 Å². The zero-order chi connectivity index (χ0) is 8.59. The summed E-state index contributed by atoms with van der Waals surface area (Å²) in [5, 5.41) is 0. The highest BCUT2D eigenvalue weighted by Gasteiger charge is 2.33. The number of likely N-dealkylation sites (N-methyl/N-ethyl adjacent to an activating group) is 1. The van der Waals surface area contributed by atoms with Gasteiger partial charge in [0, 0.05) is 0 Å². The minimum atomic E-state index is -0.340. The lowest BCUT2D eigenvalue weighted by Crippen LogP contribution is -2.43. The van der Waals surface area contributed by atoms with Crippen LogP contribution < -0.4 is 0 Å². The molecule has 0 aromatic rings. The first-order valence-corrected chi connectivity index (χ1v) is 3.12. The molecule has 0 aromatic heterocycles. The average molecular weight is 153 g/mol. The molecule has 0 radical (unpaired) electrons. The predicted octanol–water partition coefficient (Wildman–Crippen LogP) is -0.152. The van der Waals surface area contributed by atoms with E-state index >= 15 is 0 Å². The summed E-state index contributed by atoms with van der Waals surface area (Å²) in [4.78, 5) is 23.1. The molecule has 0 unspecified atom stereocenters. The Labute approximate surface area is 64.4 Å². The van der Waals surface area contributed by atoms with Gasteiger partial charge in [-0.1, -0.05) is 6.58 Å². The number of amides is 3. The number of rotatable bonds is 0. The largest absolute Gasteiger partial charge is 0.500 e. The van der Waals surface area contributed by atoms with Gasteiger partial charge in [-0.05, 0) is 0 Å². The Morgan fingerprint density at radius 3 is 2.64 bits per heavy atom. The first-order chi connectivity index (χ1) is 5.04. The summed E-state index contributed by atoms with van der Waals surface area (Å²) >= 11 is 0. The van der Waals surface area contributed by atoms with Gasteiger partial charge in [0.1, 0.15) is 6.21 Å². The van der Waals surface area contributed by atoms with Gasteiger partial charge in [0.25, 0.3) is 0 Å². The molecule has 1 heterocycles. The molecule has 1 rings (SSSR count). The third-order valence-electron chi connectivity index (χ3n) is 1.52. The van der Waals surface area contributed by atoms with Crippen molar-refractivity contribution in [3.8, 4) is 0 Å². The lowest BCUT2D eigenvalue weighted by molar-refractivity contribution is -0.397. The topological polar surface area (TPSA) is 40.4 Å². The number of carbonyl (C=O) groups excluding carboxylic acids is 2. The lowest BCUT2D eigenvalue weighted by Gasteiger charge is -2.12. The Balaban J connectivity index is 3.11. The molecule has 11 heavy (non-hydrogen) atoms. The Morgan fingerprint density at radius 2 is 2.09 bits per heavy atom. The maximum atomic E-state index is 11.0. The van der Waals surface area contributed by atoms with Crippen LogP contribution in [0, 0.1) is 0 Å². The Morgan fingerprint density at radius 1 is 1.55 bits per heavy atom. The number of imide groups is 1. The van der Waals surface area contributed by atoms with Crippen molar-refractivity contribution in [3.63, 3.8) is 0 Å². The van der Waals surface area contributed by atoms with Gasteiger partial charge in [0.2, 0.25) is 0 Å². The second-order valence-corrected chi connectivity index (χ2v) is 2.41. The first kappa shape index (κ1) is 7.65. The highest BCUT2D eigenvalue weighted by molar-refractivity contribution is 6.17. The fourth-order valence-corrected chi connectivity index (χ4v) is 0.883. The molecule has 0 saturated heterocycles. The van der Waals surface area contributed by atoms with Crippen LogP contribution in [0.15, 0.2) is 12.2 Å². The zero-order valence-corrected chi connectivity index (χ0v) is 6.50. The van der Waals surface area contributed by atoms with Crippen molar-refractivity contribution in [2.24, 2.45) is 0 Å². The molecular formula is C7H9N2O2+. The molecule has 0 saturated carbocycles. The number of urea groups is 1. The van der Waals surface area contributed by atoms with Gasteiger partial charge in [-0.2, -0.15) is 14.3 Å². The number of hydrogen-bond acceptors (Lipinski definition) is 2. The molecule has 4 heteroatoms. The maximum absolute atomic E-state index is 11.0. The van der Waals surface area contributed by atoms with Crippen molar-refractivity contribution in [2.45, 2.75) is 0 Å². The molecule has 0 aromatic carbocycles. The molecule has 0 aliphatic carbocycles. The maximum Gasteiger partial charge on any atom is 0.500 e. The molecule has 0 N–H and O–H groups in total. The van der Waals surface area contributed by atoms with E-state index in [4.69, 9.17) is 0 Å². The lowest BCUT2D eigenvalue weighted by atomic mass is 10.2. The molecule has 0 fully saturated rings. The average Bonchev–Trinajstić information content (AvgIpc) is 1.97. The van der Waals surface area contributed by atoms with E-state index in [9.17, 15) is 9.59 Å². The summed E-state index contributed by atoms with van der Waals surface area (Å²) in [7, 11) is 3.01. The summed E-state index contributed by atoms with van der Waals surface area (Å²) in [6, 6.07) is -0.331. The van der Waals surface area contributed by atoms with Gasteiger partial charge >= 0.3 is 11.9 Å². The second-order valence-electron chi connectivity index (χ2n) is 2.41. The van der Waals surface area contributed by atoms with E-state index in [2.05, 4.69) is 6.58 Å². The number of nitrogens with zero attached hydrogens (tertiary/aromatic N) is 2. The van der Waals surface area contributed by atoms with Gasteiger partial charge in [-0.3, -0.25) is 0 Å². The minimum Gasteiger partial charge on any atom is -0.241 e. The van der Waals surface area contributed by atoms with Crippen LogP contribution in [-0.2, 0) is 4.79 Å². The smallest absolute Gasteiger partial charge is 0.241 e. The normalized spacial score (nSPS) is 18.9. The van der Waals surface area contributed by atoms with Gasteiger partial charge < -0.3 is 0 Å². The van der Waals surface area contributed by atoms with E-state index in [-0.39, 0.29) is 11.9 Å². The molecule has 1 aliphatic heterocycles. The molecule has 58 valence electrons. The molecule has 3 amide bonds. The third-order valence-corrected chi connectivity index (χ3v) is 1.52. The van der Waals surface area contributed by atoms with Crippen LogP contribution in [0.1, 0.15) is 0 Å². The van der Waals surface area contributed by atoms with Crippen LogP contribution in [-0.4, -0.2) is 41.7 Å². The number of carbonyl (C=O) groups is 2. The monoisotopic (exact) mass is 153 g/mol. The Kier molecular flexibility index (Phi) is 1.60. The van der Waals surface area contributed by atoms with Gasteiger partial charge in [0.05, 0.1) is 19.7 Å². The van der Waals surface area contributed by atoms with Crippen molar-refractivity contribution in [1.82, 2.24) is 4.90 Å². The van der Waals surface area contributed by atoms with Crippen LogP contribution in [0.3, 0.4) is 0 Å². The van der Waals surface area contributed by atoms with Crippen molar-refractivity contribution in [2.75, 3.05) is 14.1 Å². The molecule has 0 spiro atoms. The van der Waals surface area contributed by atoms with E-state index < -0.39 is 0 Å². The van der Waals surface area contributed by atoms with E-state index in [1.54, 1.807) is 7.05 Å². The fraction of sp³-hybridized carbons (Fsp3) is 0.286. The molecule has 1 aliphatic rings. The second kappa shape index (κ2) is 2.30. The highest BCUT2D eigenvalue weighted by Crippen LogP contribution is 2.02. The van der Waals surface area contributed by atoms with Crippen molar-refractivity contribution in [1.29, 1.82) is 0 Å². The summed E-state index contributed by atoms with van der Waals surface area (Å²) in [6.45, 7) is 3.49. The standard InChI is InChI=1S/C7H9N2O2/c1-5-4-8(2)7(11)9(3)6(5)10/h4H,1H2,2-3H3/q+1. The van der Waals surface area contributed by atoms with Crippen LogP contribution in [0.2, 0.25) is 0 Å². The summed E-state index contributed by atoms with van der Waals surface area (Å²) < 4.78 is 1.32. The van der Waals surface area contributed by atoms with Crippen molar-refractivity contribution < 1.29 is 14.2 Å². The van der Waals surface area contributed by atoms with E-state index in [0.29, 0.717) is 5.57 Å². The molecule has 0 bridgehead atoms. The van der Waals surface area contributed by atoms with Crippen LogP contribution in [0.4, 0.5) is 4.79 Å². The van der Waals surface area contributed by atoms with E-state index in [1.807, 2.05) is 0 Å². The minimum absolute atomic E-state index is 0.328. The SMILES string of the molecule is C=C1C=[N+](C)C(=O)N(C)C1=O. The van der Waals surface area contributed by atoms with Crippen LogP contribution >= 0.6 is 0 Å². The van der Waals surface area contributed by atoms with Crippen LogP contribution in [0.25, 0.3) is 0 Å². The quantitative estimate of drug-likeness (QED) is 0.358.